The molecule has 2 rings (SSSR count). The fourth-order valence-electron chi connectivity index (χ4n) is 3.27. The lowest BCUT2D eigenvalue weighted by atomic mass is 10.0. The van der Waals surface area contributed by atoms with Crippen LogP contribution < -0.4 is 5.14 Å². The first-order chi connectivity index (χ1) is 6.89. The first-order valence-corrected chi connectivity index (χ1v) is 7.29. The predicted molar refractivity (Wildman–Crippen MR) is 59.9 cm³/mol. The first kappa shape index (κ1) is 11.4. The fraction of sp³-hybridized carbons (Fsp3) is 1.00. The van der Waals surface area contributed by atoms with Gasteiger partial charge < -0.3 is 0 Å². The summed E-state index contributed by atoms with van der Waals surface area (Å²) in [4.78, 5) is 2.47. The van der Waals surface area contributed by atoms with Crippen LogP contribution in [0.4, 0.5) is 0 Å². The van der Waals surface area contributed by atoms with Crippen LogP contribution in [0.2, 0.25) is 0 Å². The number of primary sulfonamides is 1. The van der Waals surface area contributed by atoms with Gasteiger partial charge in [0.2, 0.25) is 10.0 Å². The van der Waals surface area contributed by atoms with E-state index >= 15 is 0 Å². The highest BCUT2D eigenvalue weighted by Gasteiger charge is 2.44. The van der Waals surface area contributed by atoms with Crippen LogP contribution in [-0.2, 0) is 10.0 Å². The largest absolute Gasteiger partial charge is 0.295 e. The van der Waals surface area contributed by atoms with Crippen molar-refractivity contribution in [2.45, 2.75) is 62.9 Å². The van der Waals surface area contributed by atoms with Gasteiger partial charge in [-0.3, -0.25) is 4.90 Å². The van der Waals surface area contributed by atoms with Gasteiger partial charge in [-0.1, -0.05) is 0 Å². The van der Waals surface area contributed by atoms with Crippen molar-refractivity contribution in [2.75, 3.05) is 0 Å². The van der Waals surface area contributed by atoms with Crippen LogP contribution in [0.1, 0.15) is 39.5 Å². The molecule has 3 atom stereocenters. The molecule has 0 aromatic rings. The first-order valence-electron chi connectivity index (χ1n) is 5.68. The molecule has 0 aromatic carbocycles. The molecule has 15 heavy (non-hydrogen) atoms. The molecule has 2 aliphatic heterocycles. The third-order valence-corrected chi connectivity index (χ3v) is 5.12. The Morgan fingerprint density at radius 2 is 1.67 bits per heavy atom. The van der Waals surface area contributed by atoms with Gasteiger partial charge in [0.1, 0.15) is 0 Å². The minimum absolute atomic E-state index is 0.301. The number of rotatable bonds is 2. The van der Waals surface area contributed by atoms with Crippen LogP contribution in [0.25, 0.3) is 0 Å². The van der Waals surface area contributed by atoms with E-state index in [1.807, 2.05) is 0 Å². The lowest BCUT2D eigenvalue weighted by Gasteiger charge is -2.40. The highest BCUT2D eigenvalue weighted by molar-refractivity contribution is 7.89. The molecule has 0 spiro atoms. The van der Waals surface area contributed by atoms with Crippen molar-refractivity contribution in [2.24, 2.45) is 5.14 Å². The SMILES string of the molecule is CC(C)N1C2CC[C@H]1C[C@@H](S(N)(=O)=O)C2. The van der Waals surface area contributed by atoms with E-state index in [0.717, 1.165) is 25.7 Å². The van der Waals surface area contributed by atoms with Crippen LogP contribution in [0, 0.1) is 0 Å². The highest BCUT2D eigenvalue weighted by Crippen LogP contribution is 2.38. The van der Waals surface area contributed by atoms with E-state index in [2.05, 4.69) is 18.7 Å². The molecule has 5 heteroatoms. The lowest BCUT2D eigenvalue weighted by Crippen LogP contribution is -2.50. The molecule has 1 unspecified atom stereocenters. The van der Waals surface area contributed by atoms with Gasteiger partial charge in [-0.15, -0.1) is 0 Å². The number of piperidine rings is 1. The van der Waals surface area contributed by atoms with Crippen LogP contribution in [0.5, 0.6) is 0 Å². The summed E-state index contributed by atoms with van der Waals surface area (Å²) in [6.45, 7) is 4.37. The zero-order valence-corrected chi connectivity index (χ0v) is 10.2. The molecule has 2 aliphatic rings. The third kappa shape index (κ3) is 2.05. The van der Waals surface area contributed by atoms with E-state index in [4.69, 9.17) is 5.14 Å². The van der Waals surface area contributed by atoms with Gasteiger partial charge in [0.15, 0.2) is 0 Å². The average Bonchev–Trinajstić information content (AvgIpc) is 2.35. The van der Waals surface area contributed by atoms with Gasteiger partial charge >= 0.3 is 0 Å². The third-order valence-electron chi connectivity index (χ3n) is 3.81. The van der Waals surface area contributed by atoms with Crippen molar-refractivity contribution in [3.05, 3.63) is 0 Å². The van der Waals surface area contributed by atoms with Gasteiger partial charge in [-0.25, -0.2) is 13.6 Å². The molecule has 2 N–H and O–H groups in total. The molecule has 2 bridgehead atoms. The number of hydrogen-bond donors (Lipinski definition) is 1. The Kier molecular flexibility index (Phi) is 2.81. The van der Waals surface area contributed by atoms with Crippen LogP contribution in [-0.4, -0.2) is 36.7 Å². The lowest BCUT2D eigenvalue weighted by molar-refractivity contribution is 0.106. The molecular formula is C10H20N2O2S. The van der Waals surface area contributed by atoms with Crippen molar-refractivity contribution >= 4 is 10.0 Å². The van der Waals surface area contributed by atoms with Crippen LogP contribution in [0.15, 0.2) is 0 Å². The topological polar surface area (TPSA) is 63.4 Å². The molecule has 0 amide bonds. The summed E-state index contributed by atoms with van der Waals surface area (Å²) in [5.74, 6) is 0. The van der Waals surface area contributed by atoms with Gasteiger partial charge in [0.05, 0.1) is 5.25 Å². The van der Waals surface area contributed by atoms with Crippen molar-refractivity contribution < 1.29 is 8.42 Å². The second-order valence-corrected chi connectivity index (χ2v) is 6.95. The monoisotopic (exact) mass is 232 g/mol. The Labute approximate surface area is 91.9 Å². The molecule has 0 radical (unpaired) electrons. The Morgan fingerprint density at radius 3 is 2.00 bits per heavy atom. The number of nitrogens with two attached hydrogens (primary N) is 1. The molecule has 0 aromatic heterocycles. The quantitative estimate of drug-likeness (QED) is 0.761. The Balaban J connectivity index is 2.15. The fourth-order valence-corrected chi connectivity index (χ4v) is 4.26. The summed E-state index contributed by atoms with van der Waals surface area (Å²) < 4.78 is 22.7. The zero-order chi connectivity index (χ0) is 11.2. The summed E-state index contributed by atoms with van der Waals surface area (Å²) >= 11 is 0. The van der Waals surface area contributed by atoms with Crippen molar-refractivity contribution in [3.8, 4) is 0 Å². The van der Waals surface area contributed by atoms with Gasteiger partial charge in [-0.2, -0.15) is 0 Å². The maximum atomic E-state index is 11.3. The minimum atomic E-state index is -3.33. The van der Waals surface area contributed by atoms with Gasteiger partial charge in [0, 0.05) is 18.1 Å². The van der Waals surface area contributed by atoms with E-state index in [1.165, 1.54) is 0 Å². The van der Waals surface area contributed by atoms with E-state index in [9.17, 15) is 8.42 Å². The predicted octanol–water partition coefficient (Wildman–Crippen LogP) is 0.679. The molecular weight excluding hydrogens is 212 g/mol. The maximum Gasteiger partial charge on any atom is 0.212 e. The van der Waals surface area contributed by atoms with Crippen molar-refractivity contribution in [3.63, 3.8) is 0 Å². The average molecular weight is 232 g/mol. The zero-order valence-electron chi connectivity index (χ0n) is 9.39. The Bertz CT molecular complexity index is 325. The molecule has 88 valence electrons. The smallest absolute Gasteiger partial charge is 0.212 e. The second kappa shape index (κ2) is 3.71. The van der Waals surface area contributed by atoms with E-state index < -0.39 is 10.0 Å². The maximum absolute atomic E-state index is 11.3. The molecule has 2 saturated heterocycles. The molecule has 4 nitrogen and oxygen atoms in total. The molecule has 0 aliphatic carbocycles. The highest BCUT2D eigenvalue weighted by atomic mass is 32.2. The van der Waals surface area contributed by atoms with E-state index in [0.29, 0.717) is 18.1 Å². The number of nitrogens with zero attached hydrogens (tertiary/aromatic N) is 1. The number of fused-ring (bicyclic) bond motifs is 2. The minimum Gasteiger partial charge on any atom is -0.295 e. The van der Waals surface area contributed by atoms with Crippen LogP contribution >= 0.6 is 0 Å². The van der Waals surface area contributed by atoms with Crippen molar-refractivity contribution in [1.82, 2.24) is 4.90 Å². The molecule has 2 fully saturated rings. The Morgan fingerprint density at radius 1 is 1.20 bits per heavy atom. The van der Waals surface area contributed by atoms with E-state index in [-0.39, 0.29) is 5.25 Å². The summed E-state index contributed by atoms with van der Waals surface area (Å²) in [6, 6.07) is 1.39. The second-order valence-electron chi connectivity index (χ2n) is 5.11. The summed E-state index contributed by atoms with van der Waals surface area (Å²) in [7, 11) is -3.33. The summed E-state index contributed by atoms with van der Waals surface area (Å²) in [5, 5.41) is 4.94. The Hall–Kier alpha value is -0.130. The van der Waals surface area contributed by atoms with E-state index in [1.54, 1.807) is 0 Å². The van der Waals surface area contributed by atoms with Crippen molar-refractivity contribution in [1.29, 1.82) is 0 Å². The normalized spacial score (nSPS) is 37.5. The summed E-state index contributed by atoms with van der Waals surface area (Å²) in [6.07, 6.45) is 3.73. The molecule has 0 saturated carbocycles. The molecule has 2 heterocycles. The number of hydrogen-bond acceptors (Lipinski definition) is 3. The van der Waals surface area contributed by atoms with Gasteiger partial charge in [-0.05, 0) is 39.5 Å². The van der Waals surface area contributed by atoms with Crippen LogP contribution in [0.3, 0.4) is 0 Å². The standard InChI is InChI=1S/C10H20N2O2S/c1-7(2)12-8-3-4-9(12)6-10(5-8)15(11,13)14/h7-10H,3-6H2,1-2H3,(H2,11,13,14)/t8-,9?,10+/m0/s1. The van der Waals surface area contributed by atoms with Gasteiger partial charge in [0.25, 0.3) is 0 Å². The summed E-state index contributed by atoms with van der Waals surface area (Å²) in [5.41, 5.74) is 0. The number of sulfonamides is 1.